The Morgan fingerprint density at radius 3 is 2.68 bits per heavy atom. The van der Waals surface area contributed by atoms with Crippen LogP contribution >= 0.6 is 11.6 Å². The van der Waals surface area contributed by atoms with Gasteiger partial charge in [-0.05, 0) is 42.3 Å². The standard InChI is InChI=1S/C15H15ClFNO3S/c1-21-14-6-5-13(17)10-15(14)22(19,20)18-8-7-11-3-2-4-12(16)9-11/h2-6,9-10,18H,7-8H2,1H3. The van der Waals surface area contributed by atoms with Crippen molar-refractivity contribution < 1.29 is 17.5 Å². The number of methoxy groups -OCH3 is 1. The van der Waals surface area contributed by atoms with Crippen LogP contribution in [0, 0.1) is 5.82 Å². The van der Waals surface area contributed by atoms with Crippen LogP contribution in [0.4, 0.5) is 4.39 Å². The number of sulfonamides is 1. The lowest BCUT2D eigenvalue weighted by molar-refractivity contribution is 0.400. The molecule has 0 amide bonds. The van der Waals surface area contributed by atoms with E-state index in [1.54, 1.807) is 18.2 Å². The summed E-state index contributed by atoms with van der Waals surface area (Å²) in [4.78, 5) is -0.221. The Morgan fingerprint density at radius 2 is 2.00 bits per heavy atom. The van der Waals surface area contributed by atoms with Gasteiger partial charge in [0.1, 0.15) is 16.5 Å². The van der Waals surface area contributed by atoms with Gasteiger partial charge in [0, 0.05) is 11.6 Å². The molecule has 2 aromatic rings. The van der Waals surface area contributed by atoms with Gasteiger partial charge in [0.25, 0.3) is 0 Å². The molecule has 2 rings (SSSR count). The topological polar surface area (TPSA) is 55.4 Å². The third-order valence-electron chi connectivity index (χ3n) is 3.01. The van der Waals surface area contributed by atoms with Crippen LogP contribution in [-0.2, 0) is 16.4 Å². The van der Waals surface area contributed by atoms with Crippen LogP contribution in [0.25, 0.3) is 0 Å². The van der Waals surface area contributed by atoms with Gasteiger partial charge in [0.15, 0.2) is 0 Å². The highest BCUT2D eigenvalue weighted by Crippen LogP contribution is 2.24. The summed E-state index contributed by atoms with van der Waals surface area (Å²) >= 11 is 5.87. The summed E-state index contributed by atoms with van der Waals surface area (Å²) in [6.45, 7) is 0.169. The molecule has 0 aliphatic carbocycles. The van der Waals surface area contributed by atoms with E-state index in [1.165, 1.54) is 13.2 Å². The first kappa shape index (κ1) is 16.7. The number of ether oxygens (including phenoxy) is 1. The highest BCUT2D eigenvalue weighted by molar-refractivity contribution is 7.89. The van der Waals surface area contributed by atoms with E-state index in [1.807, 2.05) is 6.07 Å². The number of halogens is 2. The maximum absolute atomic E-state index is 13.3. The summed E-state index contributed by atoms with van der Waals surface area (Å²) in [5.74, 6) is -0.548. The largest absolute Gasteiger partial charge is 0.495 e. The molecule has 2 aromatic carbocycles. The fourth-order valence-electron chi connectivity index (χ4n) is 1.96. The van der Waals surface area contributed by atoms with Crippen molar-refractivity contribution in [2.45, 2.75) is 11.3 Å². The van der Waals surface area contributed by atoms with Gasteiger partial charge in [-0.3, -0.25) is 0 Å². The maximum Gasteiger partial charge on any atom is 0.244 e. The van der Waals surface area contributed by atoms with Gasteiger partial charge in [-0.25, -0.2) is 17.5 Å². The number of hydrogen-bond acceptors (Lipinski definition) is 3. The summed E-state index contributed by atoms with van der Waals surface area (Å²) < 4.78 is 45.1. The summed E-state index contributed by atoms with van der Waals surface area (Å²) in [5, 5.41) is 0.590. The monoisotopic (exact) mass is 343 g/mol. The average molecular weight is 344 g/mol. The highest BCUT2D eigenvalue weighted by atomic mass is 35.5. The van der Waals surface area contributed by atoms with Crippen LogP contribution in [-0.4, -0.2) is 22.1 Å². The lowest BCUT2D eigenvalue weighted by Crippen LogP contribution is -2.26. The third-order valence-corrected chi connectivity index (χ3v) is 4.73. The Bertz CT molecular complexity index is 765. The summed E-state index contributed by atoms with van der Waals surface area (Å²) in [5.41, 5.74) is 0.904. The highest BCUT2D eigenvalue weighted by Gasteiger charge is 2.19. The lowest BCUT2D eigenvalue weighted by atomic mass is 10.2. The van der Waals surface area contributed by atoms with E-state index in [0.717, 1.165) is 17.7 Å². The van der Waals surface area contributed by atoms with E-state index in [-0.39, 0.29) is 17.2 Å². The fraction of sp³-hybridized carbons (Fsp3) is 0.200. The summed E-state index contributed by atoms with van der Waals surface area (Å²) in [6.07, 6.45) is 0.470. The van der Waals surface area contributed by atoms with Crippen molar-refractivity contribution in [1.82, 2.24) is 4.72 Å². The fourth-order valence-corrected chi connectivity index (χ4v) is 3.38. The first-order chi connectivity index (χ1) is 10.4. The number of benzene rings is 2. The van der Waals surface area contributed by atoms with Gasteiger partial charge in [-0.1, -0.05) is 23.7 Å². The number of hydrogen-bond donors (Lipinski definition) is 1. The molecule has 7 heteroatoms. The van der Waals surface area contributed by atoms with Gasteiger partial charge in [-0.15, -0.1) is 0 Å². The molecule has 0 aliphatic rings. The number of rotatable bonds is 6. The SMILES string of the molecule is COc1ccc(F)cc1S(=O)(=O)NCCc1cccc(Cl)c1. The lowest BCUT2D eigenvalue weighted by Gasteiger charge is -2.11. The summed E-state index contributed by atoms with van der Waals surface area (Å²) in [6, 6.07) is 10.5. The molecule has 1 N–H and O–H groups in total. The van der Waals surface area contributed by atoms with E-state index in [2.05, 4.69) is 4.72 Å². The predicted octanol–water partition coefficient (Wildman–Crippen LogP) is 3.01. The second kappa shape index (κ2) is 7.09. The molecule has 0 spiro atoms. The van der Waals surface area contributed by atoms with Gasteiger partial charge in [0.05, 0.1) is 7.11 Å². The van der Waals surface area contributed by atoms with Crippen molar-refractivity contribution in [2.75, 3.05) is 13.7 Å². The molecule has 0 radical (unpaired) electrons. The minimum absolute atomic E-state index is 0.0941. The predicted molar refractivity (Wildman–Crippen MR) is 83.3 cm³/mol. The Hall–Kier alpha value is -1.63. The molecule has 118 valence electrons. The van der Waals surface area contributed by atoms with Crippen molar-refractivity contribution in [3.05, 3.63) is 58.9 Å². The Morgan fingerprint density at radius 1 is 1.23 bits per heavy atom. The normalized spacial score (nSPS) is 11.4. The maximum atomic E-state index is 13.3. The van der Waals surface area contributed by atoms with Crippen LogP contribution < -0.4 is 9.46 Å². The van der Waals surface area contributed by atoms with Crippen LogP contribution in [0.1, 0.15) is 5.56 Å². The van der Waals surface area contributed by atoms with Gasteiger partial charge >= 0.3 is 0 Å². The molecule has 0 fully saturated rings. The van der Waals surface area contributed by atoms with E-state index < -0.39 is 15.8 Å². The number of nitrogens with one attached hydrogen (secondary N) is 1. The minimum atomic E-state index is -3.85. The first-order valence-corrected chi connectivity index (χ1v) is 8.36. The quantitative estimate of drug-likeness (QED) is 0.877. The van der Waals surface area contributed by atoms with E-state index >= 15 is 0 Å². The van der Waals surface area contributed by atoms with Crippen molar-refractivity contribution in [2.24, 2.45) is 0 Å². The smallest absolute Gasteiger partial charge is 0.244 e. The van der Waals surface area contributed by atoms with Crippen LogP contribution in [0.2, 0.25) is 5.02 Å². The molecule has 4 nitrogen and oxygen atoms in total. The van der Waals surface area contributed by atoms with Crippen molar-refractivity contribution >= 4 is 21.6 Å². The molecule has 0 aromatic heterocycles. The summed E-state index contributed by atoms with van der Waals surface area (Å²) in [7, 11) is -2.52. The Balaban J connectivity index is 2.10. The molecule has 0 atom stereocenters. The molecule has 0 saturated heterocycles. The molecular formula is C15H15ClFNO3S. The molecule has 0 aliphatic heterocycles. The van der Waals surface area contributed by atoms with Gasteiger partial charge in [-0.2, -0.15) is 0 Å². The van der Waals surface area contributed by atoms with E-state index in [4.69, 9.17) is 16.3 Å². The molecule has 0 saturated carbocycles. The van der Waals surface area contributed by atoms with Crippen LogP contribution in [0.15, 0.2) is 47.4 Å². The first-order valence-electron chi connectivity index (χ1n) is 6.50. The molecule has 0 unspecified atom stereocenters. The third kappa shape index (κ3) is 4.19. The molecular weight excluding hydrogens is 329 g/mol. The zero-order valence-corrected chi connectivity index (χ0v) is 13.4. The molecule has 0 bridgehead atoms. The van der Waals surface area contributed by atoms with E-state index in [9.17, 15) is 12.8 Å². The minimum Gasteiger partial charge on any atom is -0.495 e. The van der Waals surface area contributed by atoms with Crippen LogP contribution in [0.3, 0.4) is 0 Å². The zero-order valence-electron chi connectivity index (χ0n) is 11.8. The van der Waals surface area contributed by atoms with Crippen LogP contribution in [0.5, 0.6) is 5.75 Å². The molecule has 22 heavy (non-hydrogen) atoms. The van der Waals surface area contributed by atoms with Crippen molar-refractivity contribution in [3.63, 3.8) is 0 Å². The average Bonchev–Trinajstić information content (AvgIpc) is 2.47. The second-order valence-corrected chi connectivity index (χ2v) is 6.74. The van der Waals surface area contributed by atoms with Gasteiger partial charge in [0.2, 0.25) is 10.0 Å². The second-order valence-electron chi connectivity index (χ2n) is 4.57. The molecule has 0 heterocycles. The zero-order chi connectivity index (χ0) is 16.2. The van der Waals surface area contributed by atoms with Crippen molar-refractivity contribution in [3.8, 4) is 5.75 Å². The Kier molecular flexibility index (Phi) is 5.39. The van der Waals surface area contributed by atoms with Crippen molar-refractivity contribution in [1.29, 1.82) is 0 Å². The van der Waals surface area contributed by atoms with E-state index in [0.29, 0.717) is 11.4 Å². The van der Waals surface area contributed by atoms with Gasteiger partial charge < -0.3 is 4.74 Å². The Labute approximate surface area is 133 Å².